The highest BCUT2D eigenvalue weighted by atomic mass is 16.6. The van der Waals surface area contributed by atoms with Crippen LogP contribution in [0.2, 0.25) is 0 Å². The Labute approximate surface area is 235 Å². The third-order valence-corrected chi connectivity index (χ3v) is 7.96. The summed E-state index contributed by atoms with van der Waals surface area (Å²) in [6.45, 7) is 3.71. The van der Waals surface area contributed by atoms with E-state index >= 15 is 0 Å². The maximum Gasteiger partial charge on any atom is 0.270 e. The van der Waals surface area contributed by atoms with Gasteiger partial charge < -0.3 is 20.1 Å². The van der Waals surface area contributed by atoms with Gasteiger partial charge in [0.15, 0.2) is 11.6 Å². The molecule has 4 unspecified atom stereocenters. The molecule has 2 fully saturated rings. The fourth-order valence-corrected chi connectivity index (χ4v) is 5.29. The first-order valence-corrected chi connectivity index (χ1v) is 14.0. The van der Waals surface area contributed by atoms with Crippen LogP contribution in [-0.2, 0) is 25.5 Å². The van der Waals surface area contributed by atoms with Gasteiger partial charge in [0, 0.05) is 18.5 Å². The molecular weight excluding hydrogens is 510 g/mol. The zero-order chi connectivity index (χ0) is 28.7. The first-order chi connectivity index (χ1) is 19.2. The summed E-state index contributed by atoms with van der Waals surface area (Å²) >= 11 is 0. The number of hydrogen-bond donors (Lipinski definition) is 2. The van der Waals surface area contributed by atoms with Gasteiger partial charge in [-0.25, -0.2) is 0 Å². The van der Waals surface area contributed by atoms with E-state index in [1.807, 2.05) is 12.1 Å². The van der Waals surface area contributed by atoms with Crippen molar-refractivity contribution >= 4 is 23.4 Å². The minimum Gasteiger partial charge on any atom is -0.497 e. The minimum absolute atomic E-state index is 0.0976. The van der Waals surface area contributed by atoms with Crippen molar-refractivity contribution in [3.63, 3.8) is 0 Å². The normalized spacial score (nSPS) is 20.7. The van der Waals surface area contributed by atoms with Gasteiger partial charge in [0.05, 0.1) is 25.8 Å². The first kappa shape index (κ1) is 29.4. The second-order valence-corrected chi connectivity index (χ2v) is 11.2. The predicted octanol–water partition coefficient (Wildman–Crippen LogP) is 3.45. The average Bonchev–Trinajstić information content (AvgIpc) is 3.50. The van der Waals surface area contributed by atoms with Crippen molar-refractivity contribution in [2.45, 2.75) is 76.5 Å². The molecule has 9 nitrogen and oxygen atoms in total. The molecule has 0 radical (unpaired) electrons. The standard InChI is InChI=1S/C31H39N3O6/c1-20(33-30(38)25-10-6-7-15-32-25)27(35)18-23(16-22-11-13-24(39-3)14-12-22)29(37)34-26(17-21-8-4-5-9-21)28(36)31(2)19-40-31/h6-7,10-15,20-21,23,26H,4-5,8-9,16-19H2,1-3H3,(H,33,38)(H,34,37). The highest BCUT2D eigenvalue weighted by Gasteiger charge is 2.50. The largest absolute Gasteiger partial charge is 0.497 e. The van der Waals surface area contributed by atoms with Crippen molar-refractivity contribution in [2.24, 2.45) is 11.8 Å². The van der Waals surface area contributed by atoms with Crippen molar-refractivity contribution in [3.05, 3.63) is 59.9 Å². The lowest BCUT2D eigenvalue weighted by Crippen LogP contribution is -2.49. The number of ketones is 2. The van der Waals surface area contributed by atoms with E-state index in [9.17, 15) is 19.2 Å². The molecule has 4 rings (SSSR count). The minimum atomic E-state index is -0.859. The maximum atomic E-state index is 13.7. The van der Waals surface area contributed by atoms with E-state index in [1.54, 1.807) is 51.3 Å². The molecule has 2 N–H and O–H groups in total. The molecule has 0 bridgehead atoms. The van der Waals surface area contributed by atoms with E-state index in [0.717, 1.165) is 31.2 Å². The zero-order valence-corrected chi connectivity index (χ0v) is 23.5. The summed E-state index contributed by atoms with van der Waals surface area (Å²) in [6.07, 6.45) is 6.61. The lowest BCUT2D eigenvalue weighted by molar-refractivity contribution is -0.134. The number of nitrogens with one attached hydrogen (secondary N) is 2. The molecular formula is C31H39N3O6. The lowest BCUT2D eigenvalue weighted by Gasteiger charge is -2.26. The number of Topliss-reactive ketones (excluding diaryl/α,β-unsaturated/α-hetero) is 2. The molecule has 1 saturated heterocycles. The van der Waals surface area contributed by atoms with Crippen LogP contribution < -0.4 is 15.4 Å². The Balaban J connectivity index is 1.48. The molecule has 1 aromatic carbocycles. The zero-order valence-electron chi connectivity index (χ0n) is 23.5. The van der Waals surface area contributed by atoms with Crippen molar-refractivity contribution in [1.82, 2.24) is 15.6 Å². The molecule has 9 heteroatoms. The van der Waals surface area contributed by atoms with Gasteiger partial charge in [-0.3, -0.25) is 24.2 Å². The third kappa shape index (κ3) is 7.75. The molecule has 1 aliphatic carbocycles. The number of epoxide rings is 1. The molecule has 2 amide bonds. The highest BCUT2D eigenvalue weighted by molar-refractivity contribution is 5.99. The monoisotopic (exact) mass is 549 g/mol. The highest BCUT2D eigenvalue weighted by Crippen LogP contribution is 2.33. The van der Waals surface area contributed by atoms with Gasteiger partial charge in [-0.15, -0.1) is 0 Å². The number of benzene rings is 1. The van der Waals surface area contributed by atoms with Gasteiger partial charge in [0.2, 0.25) is 5.91 Å². The molecule has 1 aliphatic heterocycles. The van der Waals surface area contributed by atoms with Crippen molar-refractivity contribution in [2.75, 3.05) is 13.7 Å². The number of carbonyl (C=O) groups is 4. The first-order valence-electron chi connectivity index (χ1n) is 14.0. The van der Waals surface area contributed by atoms with Gasteiger partial charge in [0.1, 0.15) is 17.0 Å². The summed E-state index contributed by atoms with van der Waals surface area (Å²) < 4.78 is 10.7. The van der Waals surface area contributed by atoms with E-state index in [0.29, 0.717) is 31.1 Å². The van der Waals surface area contributed by atoms with Crippen LogP contribution in [0.5, 0.6) is 5.75 Å². The van der Waals surface area contributed by atoms with Crippen LogP contribution in [0.25, 0.3) is 0 Å². The SMILES string of the molecule is COc1ccc(CC(CC(=O)C(C)NC(=O)c2ccccn2)C(=O)NC(CC2CCCC2)C(=O)C2(C)CO2)cc1. The molecule has 2 aliphatic rings. The van der Waals surface area contributed by atoms with E-state index in [2.05, 4.69) is 15.6 Å². The number of rotatable bonds is 14. The number of aromatic nitrogens is 1. The molecule has 0 spiro atoms. The van der Waals surface area contributed by atoms with Gasteiger partial charge >= 0.3 is 0 Å². The average molecular weight is 550 g/mol. The number of amides is 2. The van der Waals surface area contributed by atoms with Gasteiger partial charge in [-0.2, -0.15) is 0 Å². The third-order valence-electron chi connectivity index (χ3n) is 7.96. The van der Waals surface area contributed by atoms with Crippen LogP contribution in [0, 0.1) is 11.8 Å². The summed E-state index contributed by atoms with van der Waals surface area (Å²) in [5.74, 6) is -0.883. The van der Waals surface area contributed by atoms with E-state index in [4.69, 9.17) is 9.47 Å². The lowest BCUT2D eigenvalue weighted by atomic mass is 9.88. The fraction of sp³-hybridized carbons (Fsp3) is 0.516. The molecule has 1 saturated carbocycles. The number of nitrogens with zero attached hydrogens (tertiary/aromatic N) is 1. The van der Waals surface area contributed by atoms with E-state index < -0.39 is 29.5 Å². The maximum absolute atomic E-state index is 13.7. The van der Waals surface area contributed by atoms with Crippen LogP contribution in [-0.4, -0.2) is 59.8 Å². The van der Waals surface area contributed by atoms with Crippen LogP contribution in [0.3, 0.4) is 0 Å². The van der Waals surface area contributed by atoms with Gasteiger partial charge in [0.25, 0.3) is 5.91 Å². The van der Waals surface area contributed by atoms with Crippen LogP contribution in [0.15, 0.2) is 48.7 Å². The van der Waals surface area contributed by atoms with Gasteiger partial charge in [-0.05, 0) is 62.4 Å². The summed E-state index contributed by atoms with van der Waals surface area (Å²) in [4.78, 5) is 56.9. The van der Waals surface area contributed by atoms with Crippen molar-refractivity contribution in [1.29, 1.82) is 0 Å². The Bertz CT molecular complexity index is 1190. The number of hydrogen-bond acceptors (Lipinski definition) is 7. The topological polar surface area (TPSA) is 127 Å². The summed E-state index contributed by atoms with van der Waals surface area (Å²) in [7, 11) is 1.58. The molecule has 2 heterocycles. The predicted molar refractivity (Wildman–Crippen MR) is 149 cm³/mol. The van der Waals surface area contributed by atoms with E-state index in [-0.39, 0.29) is 29.6 Å². The summed E-state index contributed by atoms with van der Waals surface area (Å²) in [5, 5.41) is 5.69. The summed E-state index contributed by atoms with van der Waals surface area (Å²) in [5.41, 5.74) is 0.205. The Kier molecular flexibility index (Phi) is 9.68. The molecule has 214 valence electrons. The molecule has 2 aromatic rings. The second-order valence-electron chi connectivity index (χ2n) is 11.2. The Morgan fingerprint density at radius 3 is 2.38 bits per heavy atom. The Morgan fingerprint density at radius 2 is 1.77 bits per heavy atom. The smallest absolute Gasteiger partial charge is 0.270 e. The van der Waals surface area contributed by atoms with Crippen molar-refractivity contribution in [3.8, 4) is 5.75 Å². The Hall–Kier alpha value is -3.59. The molecule has 4 atom stereocenters. The van der Waals surface area contributed by atoms with Crippen LogP contribution >= 0.6 is 0 Å². The fourth-order valence-electron chi connectivity index (χ4n) is 5.29. The number of methoxy groups -OCH3 is 1. The Morgan fingerprint density at radius 1 is 1.07 bits per heavy atom. The second kappa shape index (κ2) is 13.2. The van der Waals surface area contributed by atoms with Crippen LogP contribution in [0.1, 0.15) is 68.4 Å². The number of ether oxygens (including phenoxy) is 2. The number of carbonyl (C=O) groups excluding carboxylic acids is 4. The van der Waals surface area contributed by atoms with Gasteiger partial charge in [-0.1, -0.05) is 43.9 Å². The number of pyridine rings is 1. The molecule has 1 aromatic heterocycles. The van der Waals surface area contributed by atoms with E-state index in [1.165, 1.54) is 6.20 Å². The van der Waals surface area contributed by atoms with Crippen molar-refractivity contribution < 1.29 is 28.7 Å². The molecule has 40 heavy (non-hydrogen) atoms. The quantitative estimate of drug-likeness (QED) is 0.346. The van der Waals surface area contributed by atoms with Crippen LogP contribution in [0.4, 0.5) is 0 Å². The summed E-state index contributed by atoms with van der Waals surface area (Å²) in [6, 6.07) is 10.8.